The number of likely N-dealkylation sites (N-methyl/N-ethyl adjacent to an activating group) is 1. The second kappa shape index (κ2) is 8.33. The van der Waals surface area contributed by atoms with Gasteiger partial charge in [-0.2, -0.15) is 0 Å². The van der Waals surface area contributed by atoms with Crippen LogP contribution in [0.25, 0.3) is 0 Å². The lowest BCUT2D eigenvalue weighted by atomic mass is 10.1. The number of ether oxygens (including phenoxy) is 2. The molecule has 2 aromatic carbocycles. The number of amides is 1. The summed E-state index contributed by atoms with van der Waals surface area (Å²) in [4.78, 5) is 26.0. The minimum atomic E-state index is -0.856. The van der Waals surface area contributed by atoms with Crippen molar-refractivity contribution in [2.75, 3.05) is 19.1 Å². The van der Waals surface area contributed by atoms with Crippen molar-refractivity contribution >= 4 is 17.6 Å². The van der Waals surface area contributed by atoms with Crippen LogP contribution in [0, 0.1) is 6.92 Å². The number of anilines is 1. The molecular formula is C20H23NO4. The zero-order chi connectivity index (χ0) is 18.4. The molecule has 0 fully saturated rings. The highest BCUT2D eigenvalue weighted by atomic mass is 16.5. The van der Waals surface area contributed by atoms with Crippen LogP contribution >= 0.6 is 0 Å². The van der Waals surface area contributed by atoms with Gasteiger partial charge in [0.05, 0.1) is 13.5 Å². The standard InChI is InChI=1S/C20H23NO4/c1-14-10-11-16(12-18(14)24-4)13-19(22)25-15(2)20(23)21(3)17-8-6-5-7-9-17/h5-12,15H,13H2,1-4H3/t15-/m1/s1. The summed E-state index contributed by atoms with van der Waals surface area (Å²) >= 11 is 0. The van der Waals surface area contributed by atoms with Crippen LogP contribution in [0.1, 0.15) is 18.1 Å². The number of para-hydroxylation sites is 1. The van der Waals surface area contributed by atoms with Gasteiger partial charge in [-0.1, -0.05) is 30.3 Å². The van der Waals surface area contributed by atoms with E-state index < -0.39 is 12.1 Å². The fourth-order valence-corrected chi connectivity index (χ4v) is 2.48. The summed E-state index contributed by atoms with van der Waals surface area (Å²) in [6.07, 6.45) is -0.770. The smallest absolute Gasteiger partial charge is 0.311 e. The normalized spacial score (nSPS) is 11.5. The Morgan fingerprint density at radius 1 is 1.12 bits per heavy atom. The van der Waals surface area contributed by atoms with Gasteiger partial charge in [0.25, 0.3) is 5.91 Å². The van der Waals surface area contributed by atoms with Crippen molar-refractivity contribution < 1.29 is 19.1 Å². The SMILES string of the molecule is COc1cc(CC(=O)O[C@H](C)C(=O)N(C)c2ccccc2)ccc1C. The summed E-state index contributed by atoms with van der Waals surface area (Å²) < 4.78 is 10.5. The van der Waals surface area contributed by atoms with Gasteiger partial charge in [-0.3, -0.25) is 9.59 Å². The van der Waals surface area contributed by atoms with Crippen molar-refractivity contribution in [3.05, 3.63) is 59.7 Å². The third-order valence-corrected chi connectivity index (χ3v) is 3.95. The van der Waals surface area contributed by atoms with Crippen molar-refractivity contribution in [1.29, 1.82) is 0 Å². The van der Waals surface area contributed by atoms with E-state index >= 15 is 0 Å². The highest BCUT2D eigenvalue weighted by molar-refractivity contribution is 5.96. The van der Waals surface area contributed by atoms with Crippen molar-refractivity contribution in [1.82, 2.24) is 0 Å². The molecule has 5 nitrogen and oxygen atoms in total. The van der Waals surface area contributed by atoms with Crippen molar-refractivity contribution in [2.45, 2.75) is 26.4 Å². The topological polar surface area (TPSA) is 55.8 Å². The highest BCUT2D eigenvalue weighted by Gasteiger charge is 2.22. The summed E-state index contributed by atoms with van der Waals surface area (Å²) in [6, 6.07) is 14.8. The van der Waals surface area contributed by atoms with E-state index in [9.17, 15) is 9.59 Å². The van der Waals surface area contributed by atoms with Crippen LogP contribution in [0.4, 0.5) is 5.69 Å². The van der Waals surface area contributed by atoms with E-state index in [1.807, 2.05) is 49.4 Å². The monoisotopic (exact) mass is 341 g/mol. The fourth-order valence-electron chi connectivity index (χ4n) is 2.48. The number of nitrogens with zero attached hydrogens (tertiary/aromatic N) is 1. The highest BCUT2D eigenvalue weighted by Crippen LogP contribution is 2.20. The Hall–Kier alpha value is -2.82. The van der Waals surface area contributed by atoms with Crippen molar-refractivity contribution in [3.63, 3.8) is 0 Å². The largest absolute Gasteiger partial charge is 0.496 e. The molecule has 0 aliphatic rings. The number of methoxy groups -OCH3 is 1. The Morgan fingerprint density at radius 2 is 1.80 bits per heavy atom. The summed E-state index contributed by atoms with van der Waals surface area (Å²) in [5.74, 6) is -0.00695. The van der Waals surface area contributed by atoms with E-state index in [1.165, 1.54) is 4.90 Å². The van der Waals surface area contributed by atoms with E-state index in [-0.39, 0.29) is 12.3 Å². The molecule has 0 bridgehead atoms. The number of aryl methyl sites for hydroxylation is 1. The molecule has 0 heterocycles. The molecule has 0 aliphatic carbocycles. The first kappa shape index (κ1) is 18.5. The van der Waals surface area contributed by atoms with Crippen LogP contribution in [0.3, 0.4) is 0 Å². The fraction of sp³-hybridized carbons (Fsp3) is 0.300. The summed E-state index contributed by atoms with van der Waals surface area (Å²) in [5.41, 5.74) is 2.52. The third-order valence-electron chi connectivity index (χ3n) is 3.95. The second-order valence-corrected chi connectivity index (χ2v) is 5.85. The van der Waals surface area contributed by atoms with Gasteiger partial charge in [0.2, 0.25) is 0 Å². The molecule has 0 saturated carbocycles. The predicted octanol–water partition coefficient (Wildman–Crippen LogP) is 3.14. The van der Waals surface area contributed by atoms with Gasteiger partial charge in [0.15, 0.2) is 6.10 Å². The Balaban J connectivity index is 1.96. The summed E-state index contributed by atoms with van der Waals surface area (Å²) in [6.45, 7) is 3.51. The average molecular weight is 341 g/mol. The van der Waals surface area contributed by atoms with E-state index in [4.69, 9.17) is 9.47 Å². The maximum absolute atomic E-state index is 12.4. The Kier molecular flexibility index (Phi) is 6.17. The molecule has 5 heteroatoms. The zero-order valence-corrected chi connectivity index (χ0v) is 15.0. The number of rotatable bonds is 6. The minimum Gasteiger partial charge on any atom is -0.496 e. The molecule has 0 saturated heterocycles. The van der Waals surface area contributed by atoms with Crippen molar-refractivity contribution in [2.24, 2.45) is 0 Å². The van der Waals surface area contributed by atoms with Crippen LogP contribution in [-0.2, 0) is 20.7 Å². The van der Waals surface area contributed by atoms with Gasteiger partial charge in [0.1, 0.15) is 5.75 Å². The van der Waals surface area contributed by atoms with E-state index in [0.29, 0.717) is 0 Å². The molecule has 0 radical (unpaired) electrons. The molecule has 2 rings (SSSR count). The molecule has 1 atom stereocenters. The minimum absolute atomic E-state index is 0.0866. The van der Waals surface area contributed by atoms with Crippen LogP contribution in [0.15, 0.2) is 48.5 Å². The Labute approximate surface area is 148 Å². The van der Waals surface area contributed by atoms with Gasteiger partial charge < -0.3 is 14.4 Å². The zero-order valence-electron chi connectivity index (χ0n) is 15.0. The average Bonchev–Trinajstić information content (AvgIpc) is 2.62. The van der Waals surface area contributed by atoms with Crippen LogP contribution in [0.2, 0.25) is 0 Å². The first-order valence-electron chi connectivity index (χ1n) is 8.08. The number of esters is 1. The van der Waals surface area contributed by atoms with Crippen molar-refractivity contribution in [3.8, 4) is 5.75 Å². The molecule has 2 aromatic rings. The van der Waals surface area contributed by atoms with Crippen LogP contribution in [-0.4, -0.2) is 32.1 Å². The quantitative estimate of drug-likeness (QED) is 0.758. The van der Waals surface area contributed by atoms with Gasteiger partial charge in [-0.25, -0.2) is 0 Å². The molecule has 0 aliphatic heterocycles. The molecule has 132 valence electrons. The number of carbonyl (C=O) groups is 2. The molecule has 0 unspecified atom stereocenters. The molecule has 0 N–H and O–H groups in total. The molecular weight excluding hydrogens is 318 g/mol. The molecule has 25 heavy (non-hydrogen) atoms. The first-order valence-corrected chi connectivity index (χ1v) is 8.08. The third kappa shape index (κ3) is 4.83. The first-order chi connectivity index (χ1) is 11.9. The van der Waals surface area contributed by atoms with Gasteiger partial charge >= 0.3 is 5.97 Å². The van der Waals surface area contributed by atoms with Crippen LogP contribution in [0.5, 0.6) is 5.75 Å². The maximum atomic E-state index is 12.4. The summed E-state index contributed by atoms with van der Waals surface area (Å²) in [7, 11) is 3.25. The molecule has 1 amide bonds. The second-order valence-electron chi connectivity index (χ2n) is 5.85. The number of carbonyl (C=O) groups excluding carboxylic acids is 2. The lowest BCUT2D eigenvalue weighted by Crippen LogP contribution is -2.37. The number of hydrogen-bond donors (Lipinski definition) is 0. The van der Waals surface area contributed by atoms with E-state index in [1.54, 1.807) is 27.1 Å². The lowest BCUT2D eigenvalue weighted by Gasteiger charge is -2.21. The van der Waals surface area contributed by atoms with E-state index in [2.05, 4.69) is 0 Å². The van der Waals surface area contributed by atoms with Gasteiger partial charge in [-0.15, -0.1) is 0 Å². The van der Waals surface area contributed by atoms with E-state index in [0.717, 1.165) is 22.6 Å². The number of benzene rings is 2. The Morgan fingerprint density at radius 3 is 2.44 bits per heavy atom. The lowest BCUT2D eigenvalue weighted by molar-refractivity contribution is -0.153. The van der Waals surface area contributed by atoms with Gasteiger partial charge in [0, 0.05) is 12.7 Å². The predicted molar refractivity (Wildman–Crippen MR) is 96.8 cm³/mol. The molecule has 0 spiro atoms. The number of hydrogen-bond acceptors (Lipinski definition) is 4. The summed E-state index contributed by atoms with van der Waals surface area (Å²) in [5, 5.41) is 0. The van der Waals surface area contributed by atoms with Gasteiger partial charge in [-0.05, 0) is 43.2 Å². The van der Waals surface area contributed by atoms with Crippen LogP contribution < -0.4 is 9.64 Å². The molecule has 0 aromatic heterocycles. The maximum Gasteiger partial charge on any atom is 0.311 e. The Bertz CT molecular complexity index is 743.